The molecule has 1 heterocycles. The molecule has 0 amide bonds. The summed E-state index contributed by atoms with van der Waals surface area (Å²) in [5.41, 5.74) is -0.210. The van der Waals surface area contributed by atoms with E-state index in [0.717, 1.165) is 23.6 Å². The Balaban J connectivity index is 1.90. The molecule has 1 unspecified atom stereocenters. The second kappa shape index (κ2) is 7.33. The molecule has 0 fully saturated rings. The molecule has 7 aromatic rings. The third-order valence-corrected chi connectivity index (χ3v) is 13.1. The van der Waals surface area contributed by atoms with Crippen LogP contribution in [0.3, 0.4) is 0 Å². The van der Waals surface area contributed by atoms with Crippen molar-refractivity contribution in [1.29, 1.82) is 0 Å². The summed E-state index contributed by atoms with van der Waals surface area (Å²) in [7, 11) is -3.56. The van der Waals surface area contributed by atoms with Gasteiger partial charge in [0.2, 0.25) is 0 Å². The summed E-state index contributed by atoms with van der Waals surface area (Å²) in [6.07, 6.45) is 1.75. The Morgan fingerprint density at radius 3 is 1.45 bits per heavy atom. The van der Waals surface area contributed by atoms with E-state index in [4.69, 9.17) is 0 Å². The molecule has 38 heavy (non-hydrogen) atoms. The van der Waals surface area contributed by atoms with Gasteiger partial charge in [-0.1, -0.05) is 99.4 Å². The monoisotopic (exact) mass is 533 g/mol. The van der Waals surface area contributed by atoms with Crippen molar-refractivity contribution in [2.24, 2.45) is 0 Å². The van der Waals surface area contributed by atoms with Crippen molar-refractivity contribution in [3.05, 3.63) is 57.1 Å². The molecule has 6 aromatic carbocycles. The number of benzene rings is 5. The van der Waals surface area contributed by atoms with Gasteiger partial charge in [0.1, 0.15) is 0 Å². The van der Waals surface area contributed by atoms with Gasteiger partial charge in [-0.3, -0.25) is 14.2 Å². The first-order chi connectivity index (χ1) is 17.9. The highest BCUT2D eigenvalue weighted by molar-refractivity contribution is 6.91. The largest absolute Gasteiger partial charge is 0.271 e. The zero-order valence-electron chi connectivity index (χ0n) is 23.7. The van der Waals surface area contributed by atoms with Crippen molar-refractivity contribution in [3.8, 4) is 0 Å². The lowest BCUT2D eigenvalue weighted by molar-refractivity contribution is 0.483. The van der Waals surface area contributed by atoms with E-state index in [-0.39, 0.29) is 17.2 Å². The van der Waals surface area contributed by atoms with Gasteiger partial charge in [-0.25, -0.2) is 0 Å². The van der Waals surface area contributed by atoms with Crippen molar-refractivity contribution in [1.82, 2.24) is 4.57 Å². The summed E-state index contributed by atoms with van der Waals surface area (Å²) in [5.74, 6) is 0. The smallest absolute Gasteiger partial charge is 0.262 e. The van der Waals surface area contributed by atoms with Crippen molar-refractivity contribution in [2.75, 3.05) is 0 Å². The minimum atomic E-state index is -1.78. The Hall–Kier alpha value is -3.03. The van der Waals surface area contributed by atoms with Gasteiger partial charge in [-0.15, -0.1) is 0 Å². The Morgan fingerprint density at radius 1 is 0.632 bits per heavy atom. The number of hydrogen-bond donors (Lipinski definition) is 0. The van der Waals surface area contributed by atoms with Crippen LogP contribution in [0.25, 0.3) is 64.6 Å². The van der Waals surface area contributed by atoms with E-state index in [1.807, 2.05) is 6.92 Å². The Bertz CT molecular complexity index is 2020. The fraction of sp³-hybridized carbons (Fsp3) is 0.333. The normalized spacial score (nSPS) is 14.6. The van der Waals surface area contributed by atoms with E-state index in [2.05, 4.69) is 82.6 Å². The van der Waals surface area contributed by atoms with Crippen LogP contribution in [-0.4, -0.2) is 20.7 Å². The minimum Gasteiger partial charge on any atom is -0.271 e. The van der Waals surface area contributed by atoms with Gasteiger partial charge >= 0.3 is 0 Å². The van der Waals surface area contributed by atoms with Crippen LogP contribution in [-0.2, 0) is 0 Å². The molecule has 0 N–H and O–H groups in total. The molecule has 1 atom stereocenters. The highest BCUT2D eigenvalue weighted by Crippen LogP contribution is 2.49. The molecule has 5 heteroatoms. The predicted molar refractivity (Wildman–Crippen MR) is 172 cm³/mol. The second-order valence-corrected chi connectivity index (χ2v) is 23.7. The molecule has 0 saturated carbocycles. The van der Waals surface area contributed by atoms with E-state index in [9.17, 15) is 9.59 Å². The van der Waals surface area contributed by atoms with E-state index >= 15 is 0 Å². The zero-order valence-corrected chi connectivity index (χ0v) is 25.7. The fourth-order valence-electron chi connectivity index (χ4n) is 7.39. The van der Waals surface area contributed by atoms with Crippen LogP contribution < -0.4 is 21.5 Å². The number of rotatable bonds is 5. The van der Waals surface area contributed by atoms with Gasteiger partial charge < -0.3 is 0 Å². The molecule has 0 radical (unpaired) electrons. The highest BCUT2D eigenvalue weighted by atomic mass is 28.3. The third kappa shape index (κ3) is 2.79. The molecule has 0 aliphatic heterocycles. The minimum absolute atomic E-state index is 0.105. The molecule has 192 valence electrons. The zero-order chi connectivity index (χ0) is 27.0. The number of fused-ring (bicyclic) bond motifs is 3. The topological polar surface area (TPSA) is 39.1 Å². The van der Waals surface area contributed by atoms with Crippen molar-refractivity contribution in [2.45, 2.75) is 72.0 Å². The Kier molecular flexibility index (Phi) is 4.64. The van der Waals surface area contributed by atoms with Crippen LogP contribution in [0.5, 0.6) is 0 Å². The Morgan fingerprint density at radius 2 is 1.05 bits per heavy atom. The van der Waals surface area contributed by atoms with Gasteiger partial charge in [0.25, 0.3) is 11.1 Å². The van der Waals surface area contributed by atoms with Gasteiger partial charge in [0.05, 0.1) is 26.9 Å². The maximum absolute atomic E-state index is 14.2. The van der Waals surface area contributed by atoms with Gasteiger partial charge in [-0.2, -0.15) is 0 Å². The number of hydrogen-bond acceptors (Lipinski definition) is 2. The van der Waals surface area contributed by atoms with Crippen LogP contribution in [0.15, 0.2) is 46.0 Å². The van der Waals surface area contributed by atoms with Crippen LogP contribution in [0.2, 0.25) is 39.3 Å². The molecular formula is C33H35NO2Si2. The summed E-state index contributed by atoms with van der Waals surface area (Å²) < 4.78 is 1.57. The first kappa shape index (κ1) is 24.0. The summed E-state index contributed by atoms with van der Waals surface area (Å²) in [5, 5.41) is 16.3. The maximum Gasteiger partial charge on any atom is 0.262 e. The van der Waals surface area contributed by atoms with Gasteiger partial charge in [-0.05, 0) is 67.2 Å². The molecule has 0 saturated heterocycles. The fourth-order valence-corrected chi connectivity index (χ4v) is 10.6. The maximum atomic E-state index is 14.2. The highest BCUT2D eigenvalue weighted by Gasteiger charge is 2.32. The van der Waals surface area contributed by atoms with E-state index in [1.165, 1.54) is 53.5 Å². The van der Waals surface area contributed by atoms with Crippen molar-refractivity contribution in [3.63, 3.8) is 0 Å². The SMILES string of the molecule is CCCC(C)n1c(=O)c2c3cc([Si](C)(C)C)c4ccc5ccc6c([Si](C)(C)C)cc(c2c1=O)c1c6c5c4c31. The van der Waals surface area contributed by atoms with Crippen LogP contribution in [0.4, 0.5) is 0 Å². The summed E-state index contributed by atoms with van der Waals surface area (Å²) >= 11 is 0. The van der Waals surface area contributed by atoms with Crippen LogP contribution in [0.1, 0.15) is 32.7 Å². The quantitative estimate of drug-likeness (QED) is 0.172. The molecule has 0 bridgehead atoms. The lowest BCUT2D eigenvalue weighted by Gasteiger charge is -2.21. The summed E-state index contributed by atoms with van der Waals surface area (Å²) in [6.45, 7) is 18.4. The van der Waals surface area contributed by atoms with Crippen LogP contribution >= 0.6 is 0 Å². The second-order valence-electron chi connectivity index (χ2n) is 13.6. The number of aromatic nitrogens is 1. The standard InChI is InChI=1S/C33H35NO2Si2/c1-9-10-17(2)34-32(35)30-21-15-23(37(3,4)5)19-13-11-18-12-14-20-24(38(6,7)8)16-22(31(30)33(34)36)29-27(20)25(18)26(19)28(21)29/h11-17H,9-10H2,1-8H3. The molecule has 7 rings (SSSR count). The molecule has 1 aromatic heterocycles. The summed E-state index contributed by atoms with van der Waals surface area (Å²) in [4.78, 5) is 28.5. The predicted octanol–water partition coefficient (Wildman–Crippen LogP) is 7.33. The summed E-state index contributed by atoms with van der Waals surface area (Å²) in [6, 6.07) is 13.7. The average molecular weight is 534 g/mol. The third-order valence-electron chi connectivity index (χ3n) is 9.05. The van der Waals surface area contributed by atoms with Gasteiger partial charge in [0.15, 0.2) is 0 Å². The molecular weight excluding hydrogens is 499 g/mol. The van der Waals surface area contributed by atoms with Crippen molar-refractivity contribution >= 4 is 91.2 Å². The molecule has 3 nitrogen and oxygen atoms in total. The lowest BCUT2D eigenvalue weighted by atomic mass is 9.95. The average Bonchev–Trinajstić information content (AvgIpc) is 3.33. The molecule has 0 aliphatic rings. The first-order valence-electron chi connectivity index (χ1n) is 14.0. The van der Waals surface area contributed by atoms with Crippen molar-refractivity contribution < 1.29 is 0 Å². The Labute approximate surface area is 224 Å². The molecule has 0 aliphatic carbocycles. The van der Waals surface area contributed by atoms with E-state index < -0.39 is 16.1 Å². The van der Waals surface area contributed by atoms with E-state index in [1.54, 1.807) is 4.57 Å². The lowest BCUT2D eigenvalue weighted by Crippen LogP contribution is -2.38. The van der Waals surface area contributed by atoms with E-state index in [0.29, 0.717) is 10.8 Å². The molecule has 0 spiro atoms. The van der Waals surface area contributed by atoms with Crippen LogP contribution in [0, 0.1) is 0 Å². The van der Waals surface area contributed by atoms with Gasteiger partial charge in [0, 0.05) is 6.04 Å². The first-order valence-corrected chi connectivity index (χ1v) is 21.0. The number of nitrogens with zero attached hydrogens (tertiary/aromatic N) is 1.